The minimum Gasteiger partial charge on any atom is -0.375 e. The summed E-state index contributed by atoms with van der Waals surface area (Å²) in [7, 11) is 0. The standard InChI is InChI=1S/C14H22N4OS/c15-18-13(12-10-16-4-5-17-12)11-1-6-19-14(9-11)2-7-20-8-3-14/h4-5,10-11,13,18H,1-3,6-9,15H2. The van der Waals surface area contributed by atoms with Gasteiger partial charge in [-0.25, -0.2) is 0 Å². The Balaban J connectivity index is 1.75. The molecule has 2 aliphatic heterocycles. The number of hydrazine groups is 1. The molecule has 0 aliphatic carbocycles. The quantitative estimate of drug-likeness (QED) is 0.652. The molecule has 2 unspecified atom stereocenters. The van der Waals surface area contributed by atoms with E-state index in [-0.39, 0.29) is 11.6 Å². The summed E-state index contributed by atoms with van der Waals surface area (Å²) in [5, 5.41) is 0. The van der Waals surface area contributed by atoms with E-state index in [4.69, 9.17) is 10.6 Å². The smallest absolute Gasteiger partial charge is 0.0772 e. The van der Waals surface area contributed by atoms with Crippen LogP contribution in [0.1, 0.15) is 37.4 Å². The average Bonchev–Trinajstić information content (AvgIpc) is 2.50. The van der Waals surface area contributed by atoms with Crippen LogP contribution in [0.15, 0.2) is 18.6 Å². The Morgan fingerprint density at radius 2 is 2.25 bits per heavy atom. The van der Waals surface area contributed by atoms with Crippen LogP contribution in [-0.4, -0.2) is 33.7 Å². The minimum atomic E-state index is 0.0686. The molecule has 3 heterocycles. The highest BCUT2D eigenvalue weighted by Gasteiger charge is 2.41. The van der Waals surface area contributed by atoms with E-state index in [1.54, 1.807) is 12.4 Å². The Morgan fingerprint density at radius 3 is 2.95 bits per heavy atom. The average molecular weight is 294 g/mol. The molecule has 1 spiro atoms. The van der Waals surface area contributed by atoms with Gasteiger partial charge in [0.15, 0.2) is 0 Å². The molecular formula is C14H22N4OS. The van der Waals surface area contributed by atoms with Crippen LogP contribution >= 0.6 is 11.8 Å². The van der Waals surface area contributed by atoms with Gasteiger partial charge < -0.3 is 4.74 Å². The molecule has 0 aromatic carbocycles. The maximum atomic E-state index is 6.15. The highest BCUT2D eigenvalue weighted by Crippen LogP contribution is 2.42. The zero-order valence-corrected chi connectivity index (χ0v) is 12.4. The number of hydrogen-bond donors (Lipinski definition) is 2. The van der Waals surface area contributed by atoms with Gasteiger partial charge in [-0.2, -0.15) is 11.8 Å². The Morgan fingerprint density at radius 1 is 1.40 bits per heavy atom. The van der Waals surface area contributed by atoms with E-state index in [2.05, 4.69) is 15.4 Å². The summed E-state index contributed by atoms with van der Waals surface area (Å²) in [5.41, 5.74) is 3.95. The SMILES string of the molecule is NNC(c1cnccn1)C1CCOC2(CCSCC2)C1. The van der Waals surface area contributed by atoms with Crippen molar-refractivity contribution in [3.63, 3.8) is 0 Å². The van der Waals surface area contributed by atoms with E-state index in [1.807, 2.05) is 18.0 Å². The molecule has 2 aliphatic rings. The van der Waals surface area contributed by atoms with Crippen molar-refractivity contribution in [3.05, 3.63) is 24.3 Å². The summed E-state index contributed by atoms with van der Waals surface area (Å²) in [5.74, 6) is 8.67. The molecule has 2 atom stereocenters. The lowest BCUT2D eigenvalue weighted by atomic mass is 9.78. The van der Waals surface area contributed by atoms with Crippen molar-refractivity contribution < 1.29 is 4.74 Å². The maximum Gasteiger partial charge on any atom is 0.0772 e. The molecule has 0 saturated carbocycles. The largest absolute Gasteiger partial charge is 0.375 e. The number of nitrogens with two attached hydrogens (primary N) is 1. The van der Waals surface area contributed by atoms with Gasteiger partial charge in [-0.15, -0.1) is 0 Å². The van der Waals surface area contributed by atoms with E-state index in [9.17, 15) is 0 Å². The first-order valence-electron chi connectivity index (χ1n) is 7.27. The number of rotatable bonds is 3. The van der Waals surface area contributed by atoms with Crippen molar-refractivity contribution in [1.29, 1.82) is 0 Å². The molecule has 20 heavy (non-hydrogen) atoms. The summed E-state index contributed by atoms with van der Waals surface area (Å²) in [6.45, 7) is 0.827. The third-order valence-electron chi connectivity index (χ3n) is 4.49. The summed E-state index contributed by atoms with van der Waals surface area (Å²) in [6, 6.07) is 0.0686. The van der Waals surface area contributed by atoms with Crippen LogP contribution < -0.4 is 11.3 Å². The molecule has 0 amide bonds. The fourth-order valence-corrected chi connectivity index (χ4v) is 4.61. The van der Waals surface area contributed by atoms with Gasteiger partial charge in [0.05, 0.1) is 23.5 Å². The Hall–Kier alpha value is -0.690. The summed E-state index contributed by atoms with van der Waals surface area (Å²) >= 11 is 2.03. The predicted octanol–water partition coefficient (Wildman–Crippen LogP) is 1.67. The first-order valence-corrected chi connectivity index (χ1v) is 8.42. The Kier molecular flexibility index (Phi) is 4.55. The number of aromatic nitrogens is 2. The molecule has 0 radical (unpaired) electrons. The van der Waals surface area contributed by atoms with Crippen molar-refractivity contribution >= 4 is 11.8 Å². The van der Waals surface area contributed by atoms with Crippen LogP contribution in [0.25, 0.3) is 0 Å². The highest BCUT2D eigenvalue weighted by atomic mass is 32.2. The molecule has 5 nitrogen and oxygen atoms in total. The van der Waals surface area contributed by atoms with E-state index >= 15 is 0 Å². The van der Waals surface area contributed by atoms with E-state index in [1.165, 1.54) is 11.5 Å². The molecule has 2 fully saturated rings. The van der Waals surface area contributed by atoms with Gasteiger partial charge in [0.25, 0.3) is 0 Å². The minimum absolute atomic E-state index is 0.0686. The molecule has 2 saturated heterocycles. The van der Waals surface area contributed by atoms with Crippen LogP contribution in [0.5, 0.6) is 0 Å². The number of hydrogen-bond acceptors (Lipinski definition) is 6. The van der Waals surface area contributed by atoms with Crippen LogP contribution in [0.4, 0.5) is 0 Å². The molecule has 1 aromatic heterocycles. The second kappa shape index (κ2) is 6.39. The maximum absolute atomic E-state index is 6.15. The Labute approximate surface area is 124 Å². The first-order chi connectivity index (χ1) is 9.83. The third-order valence-corrected chi connectivity index (χ3v) is 5.47. The van der Waals surface area contributed by atoms with Gasteiger partial charge in [0.1, 0.15) is 0 Å². The van der Waals surface area contributed by atoms with Crippen molar-refractivity contribution in [3.8, 4) is 0 Å². The molecular weight excluding hydrogens is 272 g/mol. The van der Waals surface area contributed by atoms with Gasteiger partial charge in [-0.1, -0.05) is 0 Å². The summed E-state index contributed by atoms with van der Waals surface area (Å²) in [6.07, 6.45) is 9.65. The van der Waals surface area contributed by atoms with Crippen molar-refractivity contribution in [2.45, 2.75) is 37.3 Å². The van der Waals surface area contributed by atoms with Crippen LogP contribution in [0.3, 0.4) is 0 Å². The van der Waals surface area contributed by atoms with Gasteiger partial charge in [-0.3, -0.25) is 21.2 Å². The van der Waals surface area contributed by atoms with Gasteiger partial charge in [0.2, 0.25) is 0 Å². The van der Waals surface area contributed by atoms with Crippen molar-refractivity contribution in [2.24, 2.45) is 11.8 Å². The molecule has 3 rings (SSSR count). The Bertz CT molecular complexity index is 419. The predicted molar refractivity (Wildman–Crippen MR) is 80.1 cm³/mol. The monoisotopic (exact) mass is 294 g/mol. The summed E-state index contributed by atoms with van der Waals surface area (Å²) in [4.78, 5) is 8.57. The molecule has 0 bridgehead atoms. The van der Waals surface area contributed by atoms with Crippen LogP contribution in [0.2, 0.25) is 0 Å². The van der Waals surface area contributed by atoms with Gasteiger partial charge in [-0.05, 0) is 43.1 Å². The topological polar surface area (TPSA) is 73.1 Å². The number of thioether (sulfide) groups is 1. The van der Waals surface area contributed by atoms with Crippen molar-refractivity contribution in [1.82, 2.24) is 15.4 Å². The second-order valence-electron chi connectivity index (χ2n) is 5.67. The van der Waals surface area contributed by atoms with Crippen LogP contribution in [0, 0.1) is 5.92 Å². The second-order valence-corrected chi connectivity index (χ2v) is 6.90. The number of nitrogens with one attached hydrogen (secondary N) is 1. The van der Waals surface area contributed by atoms with Gasteiger partial charge >= 0.3 is 0 Å². The van der Waals surface area contributed by atoms with E-state index in [0.29, 0.717) is 5.92 Å². The normalized spacial score (nSPS) is 27.4. The molecule has 110 valence electrons. The zero-order chi connectivity index (χ0) is 13.8. The molecule has 1 aromatic rings. The van der Waals surface area contributed by atoms with Crippen LogP contribution in [-0.2, 0) is 4.74 Å². The third kappa shape index (κ3) is 2.98. The lowest BCUT2D eigenvalue weighted by Gasteiger charge is -2.45. The summed E-state index contributed by atoms with van der Waals surface area (Å²) < 4.78 is 6.15. The zero-order valence-electron chi connectivity index (χ0n) is 11.6. The fraction of sp³-hybridized carbons (Fsp3) is 0.714. The highest BCUT2D eigenvalue weighted by molar-refractivity contribution is 7.99. The first kappa shape index (κ1) is 14.3. The van der Waals surface area contributed by atoms with E-state index in [0.717, 1.165) is 38.0 Å². The molecule has 3 N–H and O–H groups in total. The van der Waals surface area contributed by atoms with E-state index < -0.39 is 0 Å². The number of ether oxygens (including phenoxy) is 1. The van der Waals surface area contributed by atoms with Gasteiger partial charge in [0, 0.05) is 19.0 Å². The van der Waals surface area contributed by atoms with Crippen molar-refractivity contribution in [2.75, 3.05) is 18.1 Å². The molecule has 6 heteroatoms. The lowest BCUT2D eigenvalue weighted by Crippen LogP contribution is -2.46. The number of nitrogens with zero attached hydrogens (tertiary/aromatic N) is 2. The fourth-order valence-electron chi connectivity index (χ4n) is 3.38. The lowest BCUT2D eigenvalue weighted by molar-refractivity contribution is -0.107.